The molecule has 0 saturated carbocycles. The van der Waals surface area contributed by atoms with E-state index in [0.717, 1.165) is 24.3 Å². The fourth-order valence-electron chi connectivity index (χ4n) is 2.48. The number of hydrogen-bond acceptors (Lipinski definition) is 1. The number of halogens is 6. The molecule has 0 N–H and O–H groups in total. The molecular weight excluding hydrogens is 345 g/mol. The molecule has 8 heteroatoms. The van der Waals surface area contributed by atoms with Gasteiger partial charge in [0.15, 0.2) is 17.5 Å². The third-order valence-electron chi connectivity index (χ3n) is 3.45. The van der Waals surface area contributed by atoms with Crippen molar-refractivity contribution in [2.24, 2.45) is 0 Å². The zero-order valence-electron chi connectivity index (χ0n) is 13.7. The quantitative estimate of drug-likeness (QED) is 0.456. The van der Waals surface area contributed by atoms with Gasteiger partial charge in [-0.05, 0) is 49.9 Å². The SMILES string of the molecule is Cc1cc(B(OC(C)C)c2cc(F)c(F)c(F)c2)cc(C(F)(F)F)c1. The highest BCUT2D eigenvalue weighted by Crippen LogP contribution is 2.29. The molecule has 0 aliphatic carbocycles. The van der Waals surface area contributed by atoms with E-state index in [2.05, 4.69) is 0 Å². The molecule has 0 saturated heterocycles. The molecular formula is C17H15BF6O. The van der Waals surface area contributed by atoms with Gasteiger partial charge in [0, 0.05) is 6.10 Å². The normalized spacial score (nSPS) is 11.9. The van der Waals surface area contributed by atoms with Crippen LogP contribution < -0.4 is 10.9 Å². The highest BCUT2D eigenvalue weighted by molar-refractivity contribution is 6.80. The van der Waals surface area contributed by atoms with Crippen molar-refractivity contribution in [3.05, 3.63) is 58.9 Å². The summed E-state index contributed by atoms with van der Waals surface area (Å²) in [7, 11) is 0. The molecule has 0 aliphatic heterocycles. The molecule has 0 amide bonds. The lowest BCUT2D eigenvalue weighted by Gasteiger charge is -2.20. The Morgan fingerprint density at radius 3 is 1.88 bits per heavy atom. The lowest BCUT2D eigenvalue weighted by atomic mass is 9.54. The largest absolute Gasteiger partial charge is 0.425 e. The molecule has 25 heavy (non-hydrogen) atoms. The second-order valence-corrected chi connectivity index (χ2v) is 5.99. The van der Waals surface area contributed by atoms with E-state index in [1.54, 1.807) is 13.8 Å². The highest BCUT2D eigenvalue weighted by Gasteiger charge is 2.33. The van der Waals surface area contributed by atoms with Gasteiger partial charge < -0.3 is 4.65 Å². The van der Waals surface area contributed by atoms with Crippen LogP contribution in [-0.4, -0.2) is 13.0 Å². The second-order valence-electron chi connectivity index (χ2n) is 5.99. The van der Waals surface area contributed by atoms with Crippen molar-refractivity contribution >= 4 is 17.8 Å². The molecule has 0 heterocycles. The van der Waals surface area contributed by atoms with E-state index in [1.807, 2.05) is 0 Å². The van der Waals surface area contributed by atoms with Gasteiger partial charge in [0.25, 0.3) is 0 Å². The average molecular weight is 360 g/mol. The van der Waals surface area contributed by atoms with E-state index in [1.165, 1.54) is 13.0 Å². The van der Waals surface area contributed by atoms with E-state index in [4.69, 9.17) is 4.65 Å². The van der Waals surface area contributed by atoms with Gasteiger partial charge in [0.2, 0.25) is 0 Å². The fraction of sp³-hybridized carbons (Fsp3) is 0.294. The maximum atomic E-state index is 13.6. The molecule has 1 nitrogen and oxygen atoms in total. The Morgan fingerprint density at radius 1 is 0.880 bits per heavy atom. The van der Waals surface area contributed by atoms with Crippen LogP contribution in [0, 0.1) is 24.4 Å². The molecule has 0 unspecified atom stereocenters. The first-order valence-corrected chi connectivity index (χ1v) is 7.47. The summed E-state index contributed by atoms with van der Waals surface area (Å²) in [5.41, 5.74) is -0.622. The molecule has 0 aliphatic rings. The van der Waals surface area contributed by atoms with E-state index in [-0.39, 0.29) is 10.9 Å². The van der Waals surface area contributed by atoms with Crippen molar-refractivity contribution in [3.8, 4) is 0 Å². The Labute approximate surface area is 141 Å². The molecule has 0 spiro atoms. The van der Waals surface area contributed by atoms with Crippen molar-refractivity contribution in [1.82, 2.24) is 0 Å². The maximum Gasteiger partial charge on any atom is 0.416 e. The Kier molecular flexibility index (Phi) is 5.51. The van der Waals surface area contributed by atoms with Crippen LogP contribution in [0.4, 0.5) is 26.3 Å². The predicted molar refractivity (Wildman–Crippen MR) is 83.7 cm³/mol. The monoisotopic (exact) mass is 360 g/mol. The van der Waals surface area contributed by atoms with Crippen molar-refractivity contribution in [2.75, 3.05) is 0 Å². The van der Waals surface area contributed by atoms with Gasteiger partial charge in [-0.2, -0.15) is 13.2 Å². The minimum absolute atomic E-state index is 0.0754. The number of aryl methyl sites for hydroxylation is 1. The van der Waals surface area contributed by atoms with Gasteiger partial charge in [-0.3, -0.25) is 0 Å². The van der Waals surface area contributed by atoms with Crippen LogP contribution in [-0.2, 0) is 10.8 Å². The average Bonchev–Trinajstić information content (AvgIpc) is 2.48. The lowest BCUT2D eigenvalue weighted by Crippen LogP contribution is -2.47. The smallest absolute Gasteiger partial charge is 0.416 e. The van der Waals surface area contributed by atoms with E-state index in [0.29, 0.717) is 5.56 Å². The van der Waals surface area contributed by atoms with Gasteiger partial charge in [-0.1, -0.05) is 17.7 Å². The van der Waals surface area contributed by atoms with Crippen molar-refractivity contribution in [2.45, 2.75) is 33.1 Å². The van der Waals surface area contributed by atoms with Gasteiger partial charge >= 0.3 is 13.1 Å². The van der Waals surface area contributed by atoms with E-state index < -0.39 is 42.2 Å². The standard InChI is InChI=1S/C17H15BF6O/c1-9(2)25-18(13-7-14(19)16(21)15(20)8-13)12-5-10(3)4-11(6-12)17(22,23)24/h4-9H,1-3H3. The molecule has 134 valence electrons. The van der Waals surface area contributed by atoms with Crippen LogP contribution in [0.3, 0.4) is 0 Å². The van der Waals surface area contributed by atoms with Crippen LogP contribution in [0.25, 0.3) is 0 Å². The molecule has 0 radical (unpaired) electrons. The third kappa shape index (κ3) is 4.57. The fourth-order valence-corrected chi connectivity index (χ4v) is 2.48. The molecule has 0 bridgehead atoms. The molecule has 0 fully saturated rings. The van der Waals surface area contributed by atoms with Gasteiger partial charge in [0.05, 0.1) is 5.56 Å². The number of hydrogen-bond donors (Lipinski definition) is 0. The maximum absolute atomic E-state index is 13.6. The van der Waals surface area contributed by atoms with Crippen LogP contribution in [0.5, 0.6) is 0 Å². The number of rotatable bonds is 4. The van der Waals surface area contributed by atoms with E-state index >= 15 is 0 Å². The van der Waals surface area contributed by atoms with Crippen LogP contribution in [0.2, 0.25) is 0 Å². The van der Waals surface area contributed by atoms with Crippen LogP contribution in [0.1, 0.15) is 25.0 Å². The second kappa shape index (κ2) is 7.11. The molecule has 0 aromatic heterocycles. The molecule has 2 rings (SSSR count). The number of alkyl halides is 3. The summed E-state index contributed by atoms with van der Waals surface area (Å²) in [4.78, 5) is 0. The minimum Gasteiger partial charge on any atom is -0.425 e. The summed E-state index contributed by atoms with van der Waals surface area (Å²) in [6.45, 7) is 3.55. The van der Waals surface area contributed by atoms with Crippen molar-refractivity contribution in [1.29, 1.82) is 0 Å². The Morgan fingerprint density at radius 2 is 1.40 bits per heavy atom. The Hall–Kier alpha value is -1.96. The van der Waals surface area contributed by atoms with Crippen LogP contribution in [0.15, 0.2) is 30.3 Å². The summed E-state index contributed by atoms with van der Waals surface area (Å²) >= 11 is 0. The lowest BCUT2D eigenvalue weighted by molar-refractivity contribution is -0.137. The number of benzene rings is 2. The van der Waals surface area contributed by atoms with Crippen LogP contribution >= 0.6 is 0 Å². The molecule has 2 aromatic rings. The van der Waals surface area contributed by atoms with Gasteiger partial charge in [-0.25, -0.2) is 13.2 Å². The summed E-state index contributed by atoms with van der Waals surface area (Å²) in [6.07, 6.45) is -5.03. The Balaban J connectivity index is 2.61. The zero-order valence-corrected chi connectivity index (χ0v) is 13.7. The zero-order chi connectivity index (χ0) is 18.9. The Bertz CT molecular complexity index is 749. The molecule has 2 aromatic carbocycles. The topological polar surface area (TPSA) is 9.23 Å². The first-order chi connectivity index (χ1) is 11.5. The predicted octanol–water partition coefficient (Wildman–Crippen LogP) is 3.96. The summed E-state index contributed by atoms with van der Waals surface area (Å²) in [5.74, 6) is -4.51. The van der Waals surface area contributed by atoms with Gasteiger partial charge in [0.1, 0.15) is 0 Å². The minimum atomic E-state index is -4.58. The van der Waals surface area contributed by atoms with Crippen molar-refractivity contribution < 1.29 is 31.0 Å². The third-order valence-corrected chi connectivity index (χ3v) is 3.45. The van der Waals surface area contributed by atoms with Crippen molar-refractivity contribution in [3.63, 3.8) is 0 Å². The summed E-state index contributed by atoms with van der Waals surface area (Å²) in [5, 5.41) is 0. The first-order valence-electron chi connectivity index (χ1n) is 7.47. The van der Waals surface area contributed by atoms with Gasteiger partial charge in [-0.15, -0.1) is 0 Å². The summed E-state index contributed by atoms with van der Waals surface area (Å²) in [6, 6.07) is 4.70. The highest BCUT2D eigenvalue weighted by atomic mass is 19.4. The molecule has 0 atom stereocenters. The van der Waals surface area contributed by atoms with E-state index in [9.17, 15) is 26.3 Å². The first kappa shape index (κ1) is 19.4. The summed E-state index contributed by atoms with van der Waals surface area (Å²) < 4.78 is 85.0.